The minimum Gasteiger partial charge on any atom is -0.449 e. The molecule has 0 spiro atoms. The van der Waals surface area contributed by atoms with E-state index in [0.29, 0.717) is 32.1 Å². The second kappa shape index (κ2) is 7.20. The first-order valence-corrected chi connectivity index (χ1v) is 8.84. The zero-order chi connectivity index (χ0) is 18.8. The van der Waals surface area contributed by atoms with Crippen molar-refractivity contribution in [3.63, 3.8) is 0 Å². The number of benzene rings is 1. The number of amides is 1. The molecule has 0 aliphatic heterocycles. The van der Waals surface area contributed by atoms with Crippen LogP contribution in [0.4, 0.5) is 5.00 Å². The van der Waals surface area contributed by atoms with Gasteiger partial charge in [-0.3, -0.25) is 4.79 Å². The number of halogens is 1. The number of rotatable bonds is 4. The van der Waals surface area contributed by atoms with E-state index in [2.05, 4.69) is 5.32 Å². The van der Waals surface area contributed by atoms with E-state index in [1.54, 1.807) is 36.6 Å². The van der Waals surface area contributed by atoms with Gasteiger partial charge in [0, 0.05) is 16.0 Å². The number of nitrogens with one attached hydrogen (secondary N) is 1. The van der Waals surface area contributed by atoms with Crippen LogP contribution in [0.15, 0.2) is 34.1 Å². The summed E-state index contributed by atoms with van der Waals surface area (Å²) in [5.74, 6) is -1.26. The zero-order valence-electron chi connectivity index (χ0n) is 13.8. The van der Waals surface area contributed by atoms with Crippen molar-refractivity contribution in [1.29, 1.82) is 5.26 Å². The summed E-state index contributed by atoms with van der Waals surface area (Å²) < 4.78 is 10.7. The number of carbonyl (C=O) groups excluding carboxylic acids is 2. The van der Waals surface area contributed by atoms with Crippen LogP contribution in [0.25, 0.3) is 11.0 Å². The number of hydrogen-bond donors (Lipinski definition) is 1. The number of carbonyl (C=O) groups is 2. The molecule has 1 N–H and O–H groups in total. The van der Waals surface area contributed by atoms with E-state index < -0.39 is 18.0 Å². The van der Waals surface area contributed by atoms with Crippen LogP contribution in [0.5, 0.6) is 0 Å². The molecule has 0 unspecified atom stereocenters. The number of aryl methyl sites for hydroxylation is 1. The average Bonchev–Trinajstić information content (AvgIpc) is 3.19. The third kappa shape index (κ3) is 3.43. The minimum atomic E-state index is -1.06. The van der Waals surface area contributed by atoms with Gasteiger partial charge in [-0.1, -0.05) is 11.6 Å². The van der Waals surface area contributed by atoms with Crippen LogP contribution in [0, 0.1) is 18.3 Å². The van der Waals surface area contributed by atoms with Crippen LogP contribution in [0.3, 0.4) is 0 Å². The van der Waals surface area contributed by atoms with Crippen LogP contribution in [0.2, 0.25) is 5.02 Å². The van der Waals surface area contributed by atoms with E-state index in [4.69, 9.17) is 26.0 Å². The Morgan fingerprint density at radius 3 is 2.88 bits per heavy atom. The standard InChI is InChI=1S/C18H13ClN2O4S/c1-9-13-7-12(19)3-4-14(13)25-15(9)18(23)24-10(2)16(22)21-17-11(8-20)5-6-26-17/h3-7,10H,1-2H3,(H,21,22)/t10-/m1/s1. The van der Waals surface area contributed by atoms with Crippen molar-refractivity contribution in [2.24, 2.45) is 0 Å². The van der Waals surface area contributed by atoms with Crippen LogP contribution in [-0.4, -0.2) is 18.0 Å². The summed E-state index contributed by atoms with van der Waals surface area (Å²) in [4.78, 5) is 24.6. The molecule has 0 radical (unpaired) electrons. The van der Waals surface area contributed by atoms with Gasteiger partial charge in [0.05, 0.1) is 5.56 Å². The van der Waals surface area contributed by atoms with E-state index in [1.165, 1.54) is 18.3 Å². The van der Waals surface area contributed by atoms with Crippen LogP contribution >= 0.6 is 22.9 Å². The number of furan rings is 1. The van der Waals surface area contributed by atoms with Gasteiger partial charge in [-0.25, -0.2) is 4.79 Å². The maximum absolute atomic E-state index is 12.4. The number of hydrogen-bond acceptors (Lipinski definition) is 6. The maximum Gasteiger partial charge on any atom is 0.375 e. The SMILES string of the molecule is Cc1c(C(=O)O[C@H](C)C(=O)Nc2sccc2C#N)oc2ccc(Cl)cc12. The summed E-state index contributed by atoms with van der Waals surface area (Å²) in [5, 5.41) is 14.9. The maximum atomic E-state index is 12.4. The number of nitriles is 1. The molecule has 0 saturated heterocycles. The quantitative estimate of drug-likeness (QED) is 0.663. The molecule has 0 saturated carbocycles. The smallest absolute Gasteiger partial charge is 0.375 e. The number of fused-ring (bicyclic) bond motifs is 1. The molecule has 2 aromatic heterocycles. The molecule has 2 heterocycles. The Hall–Kier alpha value is -2.82. The van der Waals surface area contributed by atoms with Gasteiger partial charge >= 0.3 is 5.97 Å². The Morgan fingerprint density at radius 1 is 1.38 bits per heavy atom. The fourth-order valence-corrected chi connectivity index (χ4v) is 3.28. The lowest BCUT2D eigenvalue weighted by Crippen LogP contribution is -2.30. The zero-order valence-corrected chi connectivity index (χ0v) is 15.4. The molecule has 132 valence electrons. The first-order valence-electron chi connectivity index (χ1n) is 7.58. The van der Waals surface area contributed by atoms with Crippen LogP contribution < -0.4 is 5.32 Å². The molecular formula is C18H13ClN2O4S. The normalized spacial score (nSPS) is 11.8. The lowest BCUT2D eigenvalue weighted by molar-refractivity contribution is -0.123. The van der Waals surface area contributed by atoms with Gasteiger partial charge in [-0.15, -0.1) is 11.3 Å². The van der Waals surface area contributed by atoms with Crippen molar-refractivity contribution < 1.29 is 18.7 Å². The number of nitrogens with zero attached hydrogens (tertiary/aromatic N) is 1. The summed E-state index contributed by atoms with van der Waals surface area (Å²) in [7, 11) is 0. The van der Waals surface area contributed by atoms with Gasteiger partial charge in [0.1, 0.15) is 16.7 Å². The van der Waals surface area contributed by atoms with E-state index in [9.17, 15) is 9.59 Å². The topological polar surface area (TPSA) is 92.3 Å². The molecular weight excluding hydrogens is 376 g/mol. The Labute approximate surface area is 157 Å². The lowest BCUT2D eigenvalue weighted by atomic mass is 10.1. The summed E-state index contributed by atoms with van der Waals surface area (Å²) in [6, 6.07) is 8.59. The number of thiophene rings is 1. The average molecular weight is 389 g/mol. The highest BCUT2D eigenvalue weighted by atomic mass is 35.5. The second-order valence-electron chi connectivity index (χ2n) is 5.51. The van der Waals surface area contributed by atoms with Crippen molar-refractivity contribution in [2.75, 3.05) is 5.32 Å². The van der Waals surface area contributed by atoms with E-state index in [-0.39, 0.29) is 5.76 Å². The van der Waals surface area contributed by atoms with Gasteiger partial charge < -0.3 is 14.5 Å². The van der Waals surface area contributed by atoms with Crippen molar-refractivity contribution in [3.8, 4) is 6.07 Å². The van der Waals surface area contributed by atoms with E-state index in [0.717, 1.165) is 0 Å². The third-order valence-corrected chi connectivity index (χ3v) is 4.82. The largest absolute Gasteiger partial charge is 0.449 e. The molecule has 0 bridgehead atoms. The minimum absolute atomic E-state index is 0.0238. The van der Waals surface area contributed by atoms with Gasteiger partial charge in [0.15, 0.2) is 6.10 Å². The first kappa shape index (κ1) is 18.0. The predicted octanol–water partition coefficient (Wildman–Crippen LogP) is 4.51. The molecule has 3 aromatic rings. The Balaban J connectivity index is 1.74. The van der Waals surface area contributed by atoms with Crippen molar-refractivity contribution in [3.05, 3.63) is 51.6 Å². The van der Waals surface area contributed by atoms with E-state index >= 15 is 0 Å². The highest BCUT2D eigenvalue weighted by molar-refractivity contribution is 7.14. The van der Waals surface area contributed by atoms with Gasteiger partial charge in [0.2, 0.25) is 5.76 Å². The number of anilines is 1. The molecule has 0 fully saturated rings. The summed E-state index contributed by atoms with van der Waals surface area (Å²) in [6.45, 7) is 3.16. The van der Waals surface area contributed by atoms with E-state index in [1.807, 2.05) is 6.07 Å². The summed E-state index contributed by atoms with van der Waals surface area (Å²) in [6.07, 6.45) is -1.06. The Bertz CT molecular complexity index is 1050. The van der Waals surface area contributed by atoms with Crippen molar-refractivity contribution in [1.82, 2.24) is 0 Å². The van der Waals surface area contributed by atoms with Crippen molar-refractivity contribution >= 4 is 50.8 Å². The molecule has 1 amide bonds. The number of ether oxygens (including phenoxy) is 1. The molecule has 1 atom stereocenters. The predicted molar refractivity (Wildman–Crippen MR) is 98.5 cm³/mol. The molecule has 3 rings (SSSR count). The van der Waals surface area contributed by atoms with Crippen molar-refractivity contribution in [2.45, 2.75) is 20.0 Å². The van der Waals surface area contributed by atoms with Gasteiger partial charge in [0.25, 0.3) is 5.91 Å². The van der Waals surface area contributed by atoms with Crippen LogP contribution in [-0.2, 0) is 9.53 Å². The molecule has 0 aliphatic rings. The second-order valence-corrected chi connectivity index (χ2v) is 6.86. The highest BCUT2D eigenvalue weighted by Crippen LogP contribution is 2.28. The molecule has 8 heteroatoms. The monoisotopic (exact) mass is 388 g/mol. The fourth-order valence-electron chi connectivity index (χ4n) is 2.36. The molecule has 26 heavy (non-hydrogen) atoms. The summed E-state index contributed by atoms with van der Waals surface area (Å²) >= 11 is 7.18. The molecule has 0 aliphatic carbocycles. The van der Waals surface area contributed by atoms with Gasteiger partial charge in [-0.05, 0) is 43.5 Å². The van der Waals surface area contributed by atoms with Gasteiger partial charge in [-0.2, -0.15) is 5.26 Å². The number of esters is 1. The fraction of sp³-hybridized carbons (Fsp3) is 0.167. The molecule has 1 aromatic carbocycles. The Kier molecular flexibility index (Phi) is 4.98. The molecule has 6 nitrogen and oxygen atoms in total. The first-order chi connectivity index (χ1) is 12.4. The Morgan fingerprint density at radius 2 is 2.15 bits per heavy atom. The highest BCUT2D eigenvalue weighted by Gasteiger charge is 2.25. The van der Waals surface area contributed by atoms with Crippen LogP contribution in [0.1, 0.15) is 28.6 Å². The summed E-state index contributed by atoms with van der Waals surface area (Å²) in [5.41, 5.74) is 1.45. The lowest BCUT2D eigenvalue weighted by Gasteiger charge is -2.12. The third-order valence-electron chi connectivity index (χ3n) is 3.76.